The molecular weight excluding hydrogens is 487 g/mol. The molecule has 2 aromatic rings. The number of benzene rings is 1. The van der Waals surface area contributed by atoms with E-state index in [2.05, 4.69) is 65.4 Å². The van der Waals surface area contributed by atoms with Crippen LogP contribution in [0.25, 0.3) is 11.4 Å². The van der Waals surface area contributed by atoms with Gasteiger partial charge in [-0.2, -0.15) is 0 Å². The van der Waals surface area contributed by atoms with Gasteiger partial charge in [-0.3, -0.25) is 0 Å². The summed E-state index contributed by atoms with van der Waals surface area (Å²) in [6, 6.07) is 10.7. The lowest BCUT2D eigenvalue weighted by Gasteiger charge is -2.05. The van der Waals surface area contributed by atoms with Gasteiger partial charge in [0.15, 0.2) is 0 Å². The van der Waals surface area contributed by atoms with E-state index in [1.165, 1.54) is 62.4 Å². The molecule has 0 N–H and O–H groups in total. The number of ether oxygens (including phenoxy) is 1. The van der Waals surface area contributed by atoms with Gasteiger partial charge in [-0.05, 0) is 38.3 Å². The number of hydrogen-bond donors (Lipinski definition) is 0. The number of carbonyl (C=O) groups is 1. The van der Waals surface area contributed by atoms with Crippen LogP contribution in [0.1, 0.15) is 64.7 Å². The number of halogens is 1. The minimum Gasteiger partial charge on any atom is -1.00 e. The highest BCUT2D eigenvalue weighted by Gasteiger charge is 2.17. The van der Waals surface area contributed by atoms with Gasteiger partial charge in [0.2, 0.25) is 0 Å². The molecule has 4 nitrogen and oxygen atoms in total. The second-order valence-electron chi connectivity index (χ2n) is 7.52. The Balaban J connectivity index is 0.00000450. The highest BCUT2D eigenvalue weighted by molar-refractivity contribution is 5.81. The van der Waals surface area contributed by atoms with Crippen molar-refractivity contribution in [3.05, 3.63) is 55.4 Å². The summed E-state index contributed by atoms with van der Waals surface area (Å²) < 4.78 is 9.71. The van der Waals surface area contributed by atoms with Crippen molar-refractivity contribution in [1.82, 2.24) is 4.57 Å². The van der Waals surface area contributed by atoms with Crippen LogP contribution < -0.4 is 28.5 Å². The minimum atomic E-state index is -0.315. The third-order valence-electron chi connectivity index (χ3n) is 5.30. The summed E-state index contributed by atoms with van der Waals surface area (Å²) in [5.41, 5.74) is 1.29. The number of aryl methyl sites for hydroxylation is 2. The van der Waals surface area contributed by atoms with Crippen LogP contribution in [-0.4, -0.2) is 17.1 Å². The van der Waals surface area contributed by atoms with Crippen LogP contribution in [0, 0.1) is 0 Å². The first kappa shape index (κ1) is 26.4. The Morgan fingerprint density at radius 3 is 2.20 bits per heavy atom. The van der Waals surface area contributed by atoms with E-state index in [4.69, 9.17) is 4.74 Å². The minimum absolute atomic E-state index is 0. The molecule has 0 radical (unpaired) electrons. The Bertz CT molecular complexity index is 728. The summed E-state index contributed by atoms with van der Waals surface area (Å²) in [7, 11) is 0. The van der Waals surface area contributed by atoms with Gasteiger partial charge in [0.1, 0.15) is 12.4 Å². The van der Waals surface area contributed by atoms with E-state index in [-0.39, 0.29) is 29.9 Å². The number of nitrogens with zero attached hydrogens (tertiary/aromatic N) is 2. The van der Waals surface area contributed by atoms with Crippen molar-refractivity contribution in [2.75, 3.05) is 6.61 Å². The zero-order chi connectivity index (χ0) is 20.7. The molecule has 0 saturated carbocycles. The fourth-order valence-corrected chi connectivity index (χ4v) is 3.67. The Morgan fingerprint density at radius 1 is 1.00 bits per heavy atom. The molecule has 0 atom stereocenters. The molecule has 0 aliphatic carbocycles. The number of aromatic nitrogens is 2. The van der Waals surface area contributed by atoms with Crippen molar-refractivity contribution >= 4 is 5.97 Å². The lowest BCUT2D eigenvalue weighted by Crippen LogP contribution is -3.00. The van der Waals surface area contributed by atoms with Gasteiger partial charge in [0, 0.05) is 6.08 Å². The number of carbonyl (C=O) groups excluding carboxylic acids is 1. The van der Waals surface area contributed by atoms with Gasteiger partial charge < -0.3 is 28.7 Å². The predicted octanol–water partition coefficient (Wildman–Crippen LogP) is 2.71. The highest BCUT2D eigenvalue weighted by Crippen LogP contribution is 2.17. The Morgan fingerprint density at radius 2 is 1.60 bits per heavy atom. The first-order valence-corrected chi connectivity index (χ1v) is 11.2. The lowest BCUT2D eigenvalue weighted by atomic mass is 10.1. The maximum atomic E-state index is 10.9. The van der Waals surface area contributed by atoms with E-state index < -0.39 is 0 Å². The first-order chi connectivity index (χ1) is 14.3. The van der Waals surface area contributed by atoms with Crippen LogP contribution in [0.2, 0.25) is 0 Å². The molecule has 0 unspecified atom stereocenters. The smallest absolute Gasteiger partial charge is 0.330 e. The molecule has 166 valence electrons. The number of unbranched alkanes of at least 4 members (excludes halogenated alkanes) is 8. The zero-order valence-corrected chi connectivity index (χ0v) is 20.6. The molecule has 0 amide bonds. The number of esters is 1. The van der Waals surface area contributed by atoms with Crippen LogP contribution >= 0.6 is 0 Å². The second-order valence-corrected chi connectivity index (χ2v) is 7.52. The van der Waals surface area contributed by atoms with E-state index in [0.717, 1.165) is 25.9 Å². The summed E-state index contributed by atoms with van der Waals surface area (Å²) in [4.78, 5) is 10.9. The maximum absolute atomic E-state index is 10.9. The first-order valence-electron chi connectivity index (χ1n) is 11.2. The van der Waals surface area contributed by atoms with E-state index >= 15 is 0 Å². The number of hydrogen-bond acceptors (Lipinski definition) is 2. The van der Waals surface area contributed by atoms with Crippen molar-refractivity contribution in [2.45, 2.75) is 77.8 Å². The normalized spacial score (nSPS) is 10.4. The lowest BCUT2D eigenvalue weighted by molar-refractivity contribution is -0.682. The van der Waals surface area contributed by atoms with Gasteiger partial charge in [-0.1, -0.05) is 63.3 Å². The Hall–Kier alpha value is -1.63. The molecule has 1 aromatic carbocycles. The molecule has 0 spiro atoms. The third kappa shape index (κ3) is 9.45. The topological polar surface area (TPSA) is 35.1 Å². The van der Waals surface area contributed by atoms with Crippen molar-refractivity contribution in [2.24, 2.45) is 0 Å². The quantitative estimate of drug-likeness (QED) is 0.118. The molecule has 1 heterocycles. The van der Waals surface area contributed by atoms with Crippen LogP contribution in [0.3, 0.4) is 0 Å². The SMILES string of the molecule is C=CC(=O)OCCCCCCCCCCCn1cc[n+](CC)c1-c1ccccc1.[I-]. The molecule has 0 saturated heterocycles. The third-order valence-corrected chi connectivity index (χ3v) is 5.30. The molecular formula is C25H37IN2O2. The summed E-state index contributed by atoms with van der Waals surface area (Å²) >= 11 is 0. The number of imidazole rings is 1. The summed E-state index contributed by atoms with van der Waals surface area (Å²) in [6.07, 6.45) is 16.7. The fourth-order valence-electron chi connectivity index (χ4n) is 3.67. The van der Waals surface area contributed by atoms with E-state index in [9.17, 15) is 4.79 Å². The maximum Gasteiger partial charge on any atom is 0.330 e. The van der Waals surface area contributed by atoms with Crippen LogP contribution in [0.15, 0.2) is 55.4 Å². The predicted molar refractivity (Wildman–Crippen MR) is 118 cm³/mol. The molecule has 0 aliphatic rings. The molecule has 5 heteroatoms. The van der Waals surface area contributed by atoms with Gasteiger partial charge in [0.05, 0.1) is 25.3 Å². The van der Waals surface area contributed by atoms with Crippen molar-refractivity contribution in [3.63, 3.8) is 0 Å². The number of rotatable bonds is 15. The van der Waals surface area contributed by atoms with Crippen molar-refractivity contribution in [3.8, 4) is 11.4 Å². The summed E-state index contributed by atoms with van der Waals surface area (Å²) in [5.74, 6) is 0.997. The standard InChI is InChI=1S/C25H37N2O2.HI/c1-3-24(28)29-22-16-11-9-7-5-6-8-10-15-19-27-21-20-26(4-2)25(27)23-17-13-12-14-18-23;/h3,12-14,17-18,20-21H,1,4-11,15-16,19,22H2,2H3;1H/q+1;/p-1. The monoisotopic (exact) mass is 524 g/mol. The summed E-state index contributed by atoms with van der Waals surface area (Å²) in [5, 5.41) is 0. The van der Waals surface area contributed by atoms with E-state index in [1.807, 2.05) is 0 Å². The molecule has 0 fully saturated rings. The molecule has 2 rings (SSSR count). The average molecular weight is 524 g/mol. The molecule has 0 aliphatic heterocycles. The Labute approximate surface area is 199 Å². The van der Waals surface area contributed by atoms with Gasteiger partial charge in [-0.25, -0.2) is 13.9 Å². The van der Waals surface area contributed by atoms with Gasteiger partial charge >= 0.3 is 5.97 Å². The van der Waals surface area contributed by atoms with Crippen molar-refractivity contribution in [1.29, 1.82) is 0 Å². The van der Waals surface area contributed by atoms with Crippen molar-refractivity contribution < 1.29 is 38.1 Å². The Kier molecular flexibility index (Phi) is 14.2. The van der Waals surface area contributed by atoms with Crippen LogP contribution in [0.5, 0.6) is 0 Å². The molecule has 30 heavy (non-hydrogen) atoms. The van der Waals surface area contributed by atoms with E-state index in [1.54, 1.807) is 0 Å². The summed E-state index contributed by atoms with van der Waals surface area (Å²) in [6.45, 7) is 8.19. The largest absolute Gasteiger partial charge is 1.00 e. The highest BCUT2D eigenvalue weighted by atomic mass is 127. The second kappa shape index (κ2) is 16.1. The molecule has 0 bridgehead atoms. The van der Waals surface area contributed by atoms with Crippen LogP contribution in [0.4, 0.5) is 0 Å². The van der Waals surface area contributed by atoms with Crippen LogP contribution in [-0.2, 0) is 22.6 Å². The van der Waals surface area contributed by atoms with Gasteiger partial charge in [-0.15, -0.1) is 0 Å². The van der Waals surface area contributed by atoms with E-state index in [0.29, 0.717) is 6.61 Å². The fraction of sp³-hybridized carbons (Fsp3) is 0.520. The average Bonchev–Trinajstić information content (AvgIpc) is 3.17. The van der Waals surface area contributed by atoms with Gasteiger partial charge in [0.25, 0.3) is 5.82 Å². The molecule has 1 aromatic heterocycles. The zero-order valence-electron chi connectivity index (χ0n) is 18.4.